The first-order chi connectivity index (χ1) is 8.99. The average Bonchev–Trinajstić information content (AvgIpc) is 2.40. The number of ether oxygens (including phenoxy) is 1. The molecule has 0 spiro atoms. The third-order valence-corrected chi connectivity index (χ3v) is 2.90. The number of carbonyl (C=O) groups excluding carboxylic acids is 1. The van der Waals surface area contributed by atoms with Gasteiger partial charge in [0.05, 0.1) is 12.3 Å². The maximum absolute atomic E-state index is 12.0. The first kappa shape index (κ1) is 20.4. The molecule has 0 aliphatic rings. The van der Waals surface area contributed by atoms with Gasteiger partial charge >= 0.3 is 0 Å². The molecule has 0 bridgehead atoms. The number of Topliss-reactive ketones (excluding diaryl/α,β-unsaturated/α-hetero) is 1. The number of ketones is 1. The van der Waals surface area contributed by atoms with Crippen LogP contribution in [-0.4, -0.2) is 49.6 Å². The van der Waals surface area contributed by atoms with Crippen molar-refractivity contribution in [3.63, 3.8) is 0 Å². The second-order valence-electron chi connectivity index (χ2n) is 4.57. The number of hydrogen-bond acceptors (Lipinski definition) is 4. The van der Waals surface area contributed by atoms with Gasteiger partial charge in [0.15, 0.2) is 5.78 Å². The zero-order valence-electron chi connectivity index (χ0n) is 13.4. The number of unbranched alkanes of at least 4 members (excludes halogenated alkanes) is 1. The van der Waals surface area contributed by atoms with Gasteiger partial charge in [0.25, 0.3) is 0 Å². The van der Waals surface area contributed by atoms with Crippen molar-refractivity contribution in [2.24, 2.45) is 0 Å². The van der Waals surface area contributed by atoms with E-state index in [1.54, 1.807) is 7.11 Å². The largest absolute Gasteiger partial charge is 0.515 e. The van der Waals surface area contributed by atoms with Crippen LogP contribution in [0.3, 0.4) is 0 Å². The minimum Gasteiger partial charge on any atom is -0.515 e. The Labute approximate surface area is 118 Å². The lowest BCUT2D eigenvalue weighted by molar-refractivity contribution is -0.120. The van der Waals surface area contributed by atoms with Gasteiger partial charge in [0.1, 0.15) is 0 Å². The van der Waals surface area contributed by atoms with Crippen LogP contribution in [0, 0.1) is 0 Å². The summed E-state index contributed by atoms with van der Waals surface area (Å²) in [5, 5.41) is 8.95. The molecule has 0 heterocycles. The monoisotopic (exact) mass is 273 g/mol. The molecular formula is C15H31NO3. The Morgan fingerprint density at radius 2 is 1.84 bits per heavy atom. The van der Waals surface area contributed by atoms with Crippen LogP contribution in [0.1, 0.15) is 46.5 Å². The summed E-state index contributed by atoms with van der Waals surface area (Å²) < 4.78 is 4.54. The number of likely N-dealkylation sites (N-methyl/N-ethyl adjacent to an activating group) is 1. The maximum Gasteiger partial charge on any atom is 0.178 e. The lowest BCUT2D eigenvalue weighted by Crippen LogP contribution is -2.36. The van der Waals surface area contributed by atoms with Crippen molar-refractivity contribution >= 4 is 5.78 Å². The van der Waals surface area contributed by atoms with Crippen LogP contribution in [0.15, 0.2) is 11.8 Å². The minimum absolute atomic E-state index is 0.0541. The number of carbonyl (C=O) groups is 1. The summed E-state index contributed by atoms with van der Waals surface area (Å²) in [6.07, 6.45) is 4.52. The van der Waals surface area contributed by atoms with Gasteiger partial charge in [-0.25, -0.2) is 0 Å². The van der Waals surface area contributed by atoms with E-state index < -0.39 is 0 Å². The highest BCUT2D eigenvalue weighted by Gasteiger charge is 2.22. The molecule has 1 unspecified atom stereocenters. The smallest absolute Gasteiger partial charge is 0.178 e. The van der Waals surface area contributed by atoms with Crippen LogP contribution in [0.2, 0.25) is 0 Å². The Morgan fingerprint density at radius 1 is 1.32 bits per heavy atom. The number of aliphatic hydroxyl groups excluding tert-OH is 1. The molecule has 0 amide bonds. The predicted molar refractivity (Wildman–Crippen MR) is 80.6 cm³/mol. The van der Waals surface area contributed by atoms with Gasteiger partial charge in [-0.3, -0.25) is 9.69 Å². The van der Waals surface area contributed by atoms with Gasteiger partial charge in [0, 0.05) is 19.3 Å². The van der Waals surface area contributed by atoms with E-state index in [4.69, 9.17) is 5.11 Å². The van der Waals surface area contributed by atoms with Crippen LogP contribution in [0.25, 0.3) is 0 Å². The van der Waals surface area contributed by atoms with Gasteiger partial charge in [-0.15, -0.1) is 0 Å². The molecule has 0 rings (SSSR count). The highest BCUT2D eigenvalue weighted by atomic mass is 16.5. The molecule has 114 valence electrons. The minimum atomic E-state index is -0.0942. The fourth-order valence-electron chi connectivity index (χ4n) is 1.56. The first-order valence-electron chi connectivity index (χ1n) is 7.02. The predicted octanol–water partition coefficient (Wildman–Crippen LogP) is 3.18. The quantitative estimate of drug-likeness (QED) is 0.545. The maximum atomic E-state index is 12.0. The zero-order valence-corrected chi connectivity index (χ0v) is 13.4. The van der Waals surface area contributed by atoms with E-state index in [1.165, 1.54) is 0 Å². The van der Waals surface area contributed by atoms with Crippen molar-refractivity contribution in [3.8, 4) is 0 Å². The summed E-state index contributed by atoms with van der Waals surface area (Å²) in [5.74, 6) is 0.0541. The molecule has 0 saturated carbocycles. The van der Waals surface area contributed by atoms with Crippen LogP contribution in [0.4, 0.5) is 0 Å². The number of hydrogen-bond donors (Lipinski definition) is 1. The number of nitrogens with zero attached hydrogens (tertiary/aromatic N) is 1. The zero-order chi connectivity index (χ0) is 15.3. The van der Waals surface area contributed by atoms with E-state index in [-0.39, 0.29) is 11.8 Å². The van der Waals surface area contributed by atoms with E-state index in [9.17, 15) is 4.79 Å². The number of aliphatic hydroxyl groups is 1. The lowest BCUT2D eigenvalue weighted by atomic mass is 9.98. The topological polar surface area (TPSA) is 49.8 Å². The molecule has 1 atom stereocenters. The SMILES string of the molecule is CCCCC(C(=O)/C(=C/O)CC)N(C)C.CCOC. The molecular weight excluding hydrogens is 242 g/mol. The Morgan fingerprint density at radius 3 is 2.11 bits per heavy atom. The van der Waals surface area contributed by atoms with E-state index >= 15 is 0 Å². The van der Waals surface area contributed by atoms with Crippen molar-refractivity contribution in [2.75, 3.05) is 27.8 Å². The van der Waals surface area contributed by atoms with E-state index in [0.717, 1.165) is 32.1 Å². The van der Waals surface area contributed by atoms with Crippen LogP contribution in [-0.2, 0) is 9.53 Å². The summed E-state index contributed by atoms with van der Waals surface area (Å²) in [7, 11) is 5.49. The normalized spacial score (nSPS) is 12.9. The molecule has 0 saturated heterocycles. The van der Waals surface area contributed by atoms with Gasteiger partial charge in [-0.1, -0.05) is 26.7 Å². The Bertz CT molecular complexity index is 248. The standard InChI is InChI=1S/C12H23NO2.C3H8O/c1-5-7-8-11(13(3)4)12(15)10(6-2)9-14;1-3-4-2/h9,11,14H,5-8H2,1-4H3;3H2,1-2H3/b10-9+;. The molecule has 0 radical (unpaired) electrons. The molecule has 0 aromatic heterocycles. The highest BCUT2D eigenvalue weighted by Crippen LogP contribution is 2.13. The first-order valence-corrected chi connectivity index (χ1v) is 7.02. The highest BCUT2D eigenvalue weighted by molar-refractivity contribution is 5.99. The average molecular weight is 273 g/mol. The Balaban J connectivity index is 0. The third kappa shape index (κ3) is 9.68. The fraction of sp³-hybridized carbons (Fsp3) is 0.800. The van der Waals surface area contributed by atoms with E-state index in [0.29, 0.717) is 12.0 Å². The van der Waals surface area contributed by atoms with Crippen LogP contribution in [0.5, 0.6) is 0 Å². The van der Waals surface area contributed by atoms with Gasteiger partial charge in [-0.05, 0) is 33.9 Å². The summed E-state index contributed by atoms with van der Waals surface area (Å²) in [6.45, 7) is 6.77. The number of rotatable bonds is 8. The fourth-order valence-corrected chi connectivity index (χ4v) is 1.56. The molecule has 1 N–H and O–H groups in total. The molecule has 0 aliphatic carbocycles. The molecule has 4 heteroatoms. The van der Waals surface area contributed by atoms with Crippen molar-refractivity contribution in [2.45, 2.75) is 52.5 Å². The summed E-state index contributed by atoms with van der Waals surface area (Å²) in [4.78, 5) is 13.9. The van der Waals surface area contributed by atoms with E-state index in [2.05, 4.69) is 11.7 Å². The molecule has 0 fully saturated rings. The molecule has 0 aromatic carbocycles. The van der Waals surface area contributed by atoms with Gasteiger partial charge < -0.3 is 9.84 Å². The molecule has 0 aromatic rings. The molecule has 0 aliphatic heterocycles. The van der Waals surface area contributed by atoms with Crippen molar-refractivity contribution in [1.29, 1.82) is 0 Å². The summed E-state index contributed by atoms with van der Waals surface area (Å²) >= 11 is 0. The summed E-state index contributed by atoms with van der Waals surface area (Å²) in [5.41, 5.74) is 0.518. The second kappa shape index (κ2) is 13.6. The second-order valence-corrected chi connectivity index (χ2v) is 4.57. The van der Waals surface area contributed by atoms with Crippen molar-refractivity contribution in [1.82, 2.24) is 4.90 Å². The van der Waals surface area contributed by atoms with E-state index in [1.807, 2.05) is 32.8 Å². The van der Waals surface area contributed by atoms with Crippen molar-refractivity contribution in [3.05, 3.63) is 11.8 Å². The number of methoxy groups -OCH3 is 1. The van der Waals surface area contributed by atoms with Gasteiger partial charge in [0.2, 0.25) is 0 Å². The lowest BCUT2D eigenvalue weighted by Gasteiger charge is -2.23. The van der Waals surface area contributed by atoms with Crippen LogP contribution >= 0.6 is 0 Å². The molecule has 19 heavy (non-hydrogen) atoms. The van der Waals surface area contributed by atoms with Crippen molar-refractivity contribution < 1.29 is 14.6 Å². The third-order valence-electron chi connectivity index (χ3n) is 2.90. The Kier molecular flexibility index (Phi) is 14.6. The Hall–Kier alpha value is -0.870. The van der Waals surface area contributed by atoms with Gasteiger partial charge in [-0.2, -0.15) is 0 Å². The summed E-state index contributed by atoms with van der Waals surface area (Å²) in [6, 6.07) is -0.0942. The van der Waals surface area contributed by atoms with Crippen LogP contribution < -0.4 is 0 Å². The molecule has 4 nitrogen and oxygen atoms in total.